The van der Waals surface area contributed by atoms with Gasteiger partial charge in [0.1, 0.15) is 17.4 Å². The maximum absolute atomic E-state index is 15.1. The Kier molecular flexibility index (Phi) is 5.70. The molecule has 1 aliphatic heterocycles. The van der Waals surface area contributed by atoms with Gasteiger partial charge in [-0.1, -0.05) is 0 Å². The first-order valence-corrected chi connectivity index (χ1v) is 12.1. The van der Waals surface area contributed by atoms with E-state index in [1.807, 2.05) is 22.7 Å². The molecule has 13 heteroatoms. The van der Waals surface area contributed by atoms with E-state index in [0.29, 0.717) is 25.2 Å². The summed E-state index contributed by atoms with van der Waals surface area (Å²) in [7, 11) is 1.45. The molecule has 0 N–H and O–H groups in total. The highest BCUT2D eigenvalue weighted by Gasteiger charge is 2.33. The highest BCUT2D eigenvalue weighted by molar-refractivity contribution is 5.92. The second kappa shape index (κ2) is 8.86. The number of benzene rings is 1. The number of halogens is 4. The average Bonchev–Trinajstić information content (AvgIpc) is 3.61. The Hall–Kier alpha value is -3.87. The summed E-state index contributed by atoms with van der Waals surface area (Å²) in [6.45, 7) is 2.62. The molecule has 1 aliphatic carbocycles. The third-order valence-corrected chi connectivity index (χ3v) is 6.80. The summed E-state index contributed by atoms with van der Waals surface area (Å²) < 4.78 is 63.7. The van der Waals surface area contributed by atoms with Crippen LogP contribution >= 0.6 is 0 Å². The number of alkyl halides is 3. The highest BCUT2D eigenvalue weighted by Crippen LogP contribution is 2.37. The zero-order chi connectivity index (χ0) is 26.8. The van der Waals surface area contributed by atoms with E-state index in [1.54, 1.807) is 6.20 Å². The topological polar surface area (TPSA) is 91.0 Å². The van der Waals surface area contributed by atoms with Crippen molar-refractivity contribution in [3.63, 3.8) is 0 Å². The maximum Gasteiger partial charge on any atom is 0.416 e. The smallest absolute Gasteiger partial charge is 0.367 e. The van der Waals surface area contributed by atoms with Gasteiger partial charge in [-0.05, 0) is 38.0 Å². The van der Waals surface area contributed by atoms with Gasteiger partial charge in [0.25, 0.3) is 5.56 Å². The summed E-state index contributed by atoms with van der Waals surface area (Å²) >= 11 is 0. The molecule has 2 atom stereocenters. The lowest BCUT2D eigenvalue weighted by atomic mass is 10.0. The van der Waals surface area contributed by atoms with Crippen molar-refractivity contribution in [1.82, 2.24) is 29.5 Å². The Morgan fingerprint density at radius 1 is 1.08 bits per heavy atom. The molecule has 4 heterocycles. The van der Waals surface area contributed by atoms with Crippen molar-refractivity contribution < 1.29 is 22.3 Å². The lowest BCUT2D eigenvalue weighted by Crippen LogP contribution is -2.43. The lowest BCUT2D eigenvalue weighted by Gasteiger charge is -2.36. The van der Waals surface area contributed by atoms with Gasteiger partial charge < -0.3 is 9.64 Å². The summed E-state index contributed by atoms with van der Waals surface area (Å²) in [6, 6.07) is 2.63. The number of nitrogens with zero attached hydrogens (tertiary/aromatic N) is 7. The predicted octanol–water partition coefficient (Wildman–Crippen LogP) is 4.05. The highest BCUT2D eigenvalue weighted by atomic mass is 19.4. The largest absolute Gasteiger partial charge is 0.416 e. The molecule has 198 valence electrons. The summed E-state index contributed by atoms with van der Waals surface area (Å²) in [5, 5.41) is 8.56. The van der Waals surface area contributed by atoms with Crippen molar-refractivity contribution in [3.05, 3.63) is 64.1 Å². The molecule has 3 aromatic heterocycles. The van der Waals surface area contributed by atoms with Gasteiger partial charge in [0.05, 0.1) is 47.7 Å². The van der Waals surface area contributed by atoms with Crippen molar-refractivity contribution in [2.24, 2.45) is 7.05 Å². The molecular weight excluding hydrogens is 506 g/mol. The zero-order valence-corrected chi connectivity index (χ0v) is 20.5. The number of hydrogen-bond acceptors (Lipinski definition) is 7. The summed E-state index contributed by atoms with van der Waals surface area (Å²) in [5.41, 5.74) is -0.988. The van der Waals surface area contributed by atoms with Gasteiger partial charge in [0.2, 0.25) is 5.95 Å². The number of anilines is 1. The molecule has 0 unspecified atom stereocenters. The van der Waals surface area contributed by atoms with E-state index < -0.39 is 23.1 Å². The van der Waals surface area contributed by atoms with Crippen LogP contribution in [0.2, 0.25) is 0 Å². The van der Waals surface area contributed by atoms with Gasteiger partial charge in [-0.15, -0.1) is 0 Å². The van der Waals surface area contributed by atoms with Crippen LogP contribution in [-0.2, 0) is 18.0 Å². The number of aryl methyl sites for hydroxylation is 1. The average molecular weight is 529 g/mol. The molecule has 9 nitrogen and oxygen atoms in total. The first kappa shape index (κ1) is 24.5. The molecule has 2 fully saturated rings. The Balaban J connectivity index is 1.44. The molecule has 0 spiro atoms. The fraction of sp³-hybridized carbons (Fsp3) is 0.400. The molecule has 38 heavy (non-hydrogen) atoms. The van der Waals surface area contributed by atoms with Gasteiger partial charge in [-0.3, -0.25) is 9.48 Å². The van der Waals surface area contributed by atoms with Crippen LogP contribution in [0.15, 0.2) is 41.6 Å². The van der Waals surface area contributed by atoms with E-state index in [0.717, 1.165) is 35.2 Å². The van der Waals surface area contributed by atoms with Gasteiger partial charge in [-0.25, -0.2) is 19.0 Å². The fourth-order valence-corrected chi connectivity index (χ4v) is 4.68. The minimum absolute atomic E-state index is 0.0148. The van der Waals surface area contributed by atoms with Crippen LogP contribution in [0.5, 0.6) is 0 Å². The monoisotopic (exact) mass is 529 g/mol. The summed E-state index contributed by atoms with van der Waals surface area (Å²) in [4.78, 5) is 23.8. The minimum atomic E-state index is -4.71. The Morgan fingerprint density at radius 3 is 2.58 bits per heavy atom. The maximum atomic E-state index is 15.1. The quantitative estimate of drug-likeness (QED) is 0.369. The van der Waals surface area contributed by atoms with E-state index in [4.69, 9.17) is 4.74 Å². The molecule has 0 bridgehead atoms. The molecule has 0 radical (unpaired) electrons. The second-order valence-corrected chi connectivity index (χ2v) is 9.73. The van der Waals surface area contributed by atoms with E-state index in [9.17, 15) is 18.0 Å². The Bertz CT molecular complexity index is 1600. The van der Waals surface area contributed by atoms with E-state index in [2.05, 4.69) is 20.2 Å². The number of morpholine rings is 1. The van der Waals surface area contributed by atoms with Gasteiger partial charge in [0, 0.05) is 30.9 Å². The van der Waals surface area contributed by atoms with Crippen LogP contribution in [-0.4, -0.2) is 48.7 Å². The first-order chi connectivity index (χ1) is 18.1. The standard InChI is InChI=1S/C25H23F4N7O2/c1-13-10-35(12-20(38-13)14-8-31-36(11-14)16-4-5-16)24-32-21(18-9-30-34(2)23(37)22(18)33-24)17-6-3-15(7-19(17)26)25(27,28)29/h3,6-9,11,13,16,20H,4-5,10,12H2,1-2H3/t13-,20-/m1/s1. The van der Waals surface area contributed by atoms with Gasteiger partial charge >= 0.3 is 6.18 Å². The first-order valence-electron chi connectivity index (χ1n) is 12.1. The normalized spacial score (nSPS) is 20.3. The molecule has 0 amide bonds. The number of hydrogen-bond donors (Lipinski definition) is 0. The number of aromatic nitrogens is 6. The summed E-state index contributed by atoms with van der Waals surface area (Å²) in [5.74, 6) is -0.975. The Morgan fingerprint density at radius 2 is 1.87 bits per heavy atom. The van der Waals surface area contributed by atoms with Gasteiger partial charge in [0.15, 0.2) is 0 Å². The predicted molar refractivity (Wildman–Crippen MR) is 129 cm³/mol. The van der Waals surface area contributed by atoms with E-state index in [1.165, 1.54) is 13.2 Å². The van der Waals surface area contributed by atoms with Crippen LogP contribution < -0.4 is 10.5 Å². The number of ether oxygens (including phenoxy) is 1. The van der Waals surface area contributed by atoms with Crippen molar-refractivity contribution in [2.45, 2.75) is 44.2 Å². The van der Waals surface area contributed by atoms with Crippen molar-refractivity contribution in [1.29, 1.82) is 0 Å². The van der Waals surface area contributed by atoms with Crippen molar-refractivity contribution in [3.8, 4) is 11.3 Å². The van der Waals surface area contributed by atoms with Crippen molar-refractivity contribution in [2.75, 3.05) is 18.0 Å². The number of rotatable bonds is 4. The third-order valence-electron chi connectivity index (χ3n) is 6.80. The van der Waals surface area contributed by atoms with Crippen LogP contribution in [0.4, 0.5) is 23.5 Å². The molecule has 2 aliphatic rings. The molecule has 4 aromatic rings. The lowest BCUT2D eigenvalue weighted by molar-refractivity contribution is -0.137. The number of fused-ring (bicyclic) bond motifs is 1. The molecular formula is C25H23F4N7O2. The third kappa shape index (κ3) is 4.40. The van der Waals surface area contributed by atoms with Crippen LogP contribution in [0.25, 0.3) is 22.2 Å². The molecule has 1 saturated carbocycles. The zero-order valence-electron chi connectivity index (χ0n) is 20.5. The van der Waals surface area contributed by atoms with Crippen LogP contribution in [0.3, 0.4) is 0 Å². The van der Waals surface area contributed by atoms with Crippen LogP contribution in [0.1, 0.15) is 43.0 Å². The fourth-order valence-electron chi connectivity index (χ4n) is 4.68. The van der Waals surface area contributed by atoms with E-state index in [-0.39, 0.29) is 40.3 Å². The van der Waals surface area contributed by atoms with E-state index >= 15 is 4.39 Å². The van der Waals surface area contributed by atoms with Gasteiger partial charge in [-0.2, -0.15) is 23.4 Å². The molecule has 1 saturated heterocycles. The summed E-state index contributed by atoms with van der Waals surface area (Å²) in [6.07, 6.45) is 1.93. The molecule has 1 aromatic carbocycles. The Labute approximate surface area is 213 Å². The molecule has 6 rings (SSSR count). The minimum Gasteiger partial charge on any atom is -0.367 e. The van der Waals surface area contributed by atoms with Crippen molar-refractivity contribution >= 4 is 16.9 Å². The second-order valence-electron chi connectivity index (χ2n) is 9.73. The van der Waals surface area contributed by atoms with Crippen LogP contribution in [0, 0.1) is 5.82 Å². The SMILES string of the molecule is C[C@@H]1CN(c2nc(-c3ccc(C(F)(F)F)cc3F)c3cnn(C)c(=O)c3n2)C[C@H](c2cnn(C3CC3)c2)O1.